The number of fused-ring (bicyclic) bond motifs is 4. The van der Waals surface area contributed by atoms with Crippen LogP contribution in [0.1, 0.15) is 0 Å². The summed E-state index contributed by atoms with van der Waals surface area (Å²) in [5.74, 6) is 0. The van der Waals surface area contributed by atoms with Gasteiger partial charge in [-0.2, -0.15) is 0 Å². The summed E-state index contributed by atoms with van der Waals surface area (Å²) in [5, 5.41) is 15.7. The highest BCUT2D eigenvalue weighted by Crippen LogP contribution is 2.34. The van der Waals surface area contributed by atoms with Gasteiger partial charge < -0.3 is 4.42 Å². The van der Waals surface area contributed by atoms with Crippen molar-refractivity contribution >= 4 is 66.3 Å². The molecule has 0 aliphatic rings. The monoisotopic (exact) mass is 483 g/mol. The van der Waals surface area contributed by atoms with Crippen molar-refractivity contribution in [3.63, 3.8) is 0 Å². The molecule has 164 valence electrons. The van der Waals surface area contributed by atoms with Gasteiger partial charge in [-0.15, -0.1) is 11.3 Å². The van der Waals surface area contributed by atoms with Crippen molar-refractivity contribution in [1.82, 2.24) is 4.98 Å². The number of nitro benzene ring substituents is 1. The van der Waals surface area contributed by atoms with Crippen molar-refractivity contribution in [3.8, 4) is 10.6 Å². The third-order valence-electron chi connectivity index (χ3n) is 5.54. The van der Waals surface area contributed by atoms with Crippen LogP contribution in [0.5, 0.6) is 0 Å². The predicted molar refractivity (Wildman–Crippen MR) is 136 cm³/mol. The number of halogens is 1. The molecule has 6 nitrogen and oxygen atoms in total. The predicted octanol–water partition coefficient (Wildman–Crippen LogP) is 7.66. The molecule has 8 heteroatoms. The number of thiazole rings is 1. The van der Waals surface area contributed by atoms with E-state index in [1.165, 1.54) is 23.5 Å². The molecular formula is C26H14ClN3O3S. The van der Waals surface area contributed by atoms with Gasteiger partial charge in [0.2, 0.25) is 5.55 Å². The molecule has 6 aromatic rings. The molecule has 34 heavy (non-hydrogen) atoms. The van der Waals surface area contributed by atoms with Crippen LogP contribution in [0.15, 0.2) is 94.3 Å². The summed E-state index contributed by atoms with van der Waals surface area (Å²) in [7, 11) is 0. The zero-order chi connectivity index (χ0) is 23.2. The van der Waals surface area contributed by atoms with Crippen LogP contribution < -0.4 is 5.55 Å². The Morgan fingerprint density at radius 1 is 0.941 bits per heavy atom. The van der Waals surface area contributed by atoms with Gasteiger partial charge in [-0.05, 0) is 47.2 Å². The first kappa shape index (κ1) is 20.5. The number of hydrogen-bond acceptors (Lipinski definition) is 6. The summed E-state index contributed by atoms with van der Waals surface area (Å²) in [6.07, 6.45) is 0. The van der Waals surface area contributed by atoms with Crippen molar-refractivity contribution in [2.45, 2.75) is 0 Å². The molecule has 0 aliphatic carbocycles. The van der Waals surface area contributed by atoms with Crippen LogP contribution in [0.4, 0.5) is 11.4 Å². The average molecular weight is 484 g/mol. The largest absolute Gasteiger partial charge is 0.438 e. The van der Waals surface area contributed by atoms with E-state index < -0.39 is 4.92 Å². The van der Waals surface area contributed by atoms with Crippen molar-refractivity contribution < 1.29 is 9.34 Å². The van der Waals surface area contributed by atoms with E-state index in [9.17, 15) is 10.1 Å². The number of nitrogens with zero attached hydrogens (tertiary/aromatic N) is 3. The molecule has 0 amide bonds. The molecule has 0 unspecified atom stereocenters. The first-order valence-electron chi connectivity index (χ1n) is 10.4. The third kappa shape index (κ3) is 3.51. The fourth-order valence-electron chi connectivity index (χ4n) is 3.95. The lowest BCUT2D eigenvalue weighted by atomic mass is 10.0. The normalized spacial score (nSPS) is 12.1. The summed E-state index contributed by atoms with van der Waals surface area (Å²) < 4.78 is 7.29. The number of nitro groups is 1. The molecule has 0 saturated carbocycles. The quantitative estimate of drug-likeness (QED) is 0.147. The summed E-state index contributed by atoms with van der Waals surface area (Å²) in [6.45, 7) is 0. The van der Waals surface area contributed by atoms with E-state index in [0.717, 1.165) is 31.4 Å². The number of aromatic nitrogens is 1. The molecule has 0 N–H and O–H groups in total. The maximum Gasteiger partial charge on any atom is 0.296 e. The minimum atomic E-state index is -0.503. The smallest absolute Gasteiger partial charge is 0.296 e. The molecular weight excluding hydrogens is 470 g/mol. The SMILES string of the molecule is O=[N+]([O-])c1cc(Cl)ccc1N=c1oc2ccc3ccccc3c2cc1-c1nc2ccccc2s1. The van der Waals surface area contributed by atoms with E-state index in [-0.39, 0.29) is 22.0 Å². The van der Waals surface area contributed by atoms with Crippen molar-refractivity contribution in [3.05, 3.63) is 106 Å². The molecule has 0 bridgehead atoms. The van der Waals surface area contributed by atoms with Crippen LogP contribution in [0.25, 0.3) is 42.5 Å². The molecule has 0 atom stereocenters. The summed E-state index contributed by atoms with van der Waals surface area (Å²) >= 11 is 7.51. The Hall–Kier alpha value is -4.07. The maximum absolute atomic E-state index is 11.6. The standard InChI is InChI=1S/C26H14ClN3O3S/c27-16-10-11-20(22(13-16)30(31)32)28-25-19(26-29-21-7-3-4-8-24(21)34-26)14-18-17-6-2-1-5-15(17)9-12-23(18)33-25/h1-14H. The van der Waals surface area contributed by atoms with Crippen molar-refractivity contribution in [2.24, 2.45) is 4.99 Å². The Labute approximate surface area is 201 Å². The highest BCUT2D eigenvalue weighted by molar-refractivity contribution is 7.21. The van der Waals surface area contributed by atoms with Gasteiger partial charge in [-0.25, -0.2) is 9.98 Å². The lowest BCUT2D eigenvalue weighted by Gasteiger charge is -2.06. The number of benzene rings is 4. The Kier molecular flexibility index (Phi) is 4.86. The number of para-hydroxylation sites is 1. The van der Waals surface area contributed by atoms with E-state index in [1.54, 1.807) is 6.07 Å². The maximum atomic E-state index is 11.6. The zero-order valence-corrected chi connectivity index (χ0v) is 19.0. The fourth-order valence-corrected chi connectivity index (χ4v) is 5.09. The fraction of sp³-hybridized carbons (Fsp3) is 0. The molecule has 0 radical (unpaired) electrons. The molecule has 2 aromatic heterocycles. The molecule has 4 aromatic carbocycles. The van der Waals surface area contributed by atoms with Crippen LogP contribution in [0.3, 0.4) is 0 Å². The van der Waals surface area contributed by atoms with Gasteiger partial charge in [0, 0.05) is 16.5 Å². The highest BCUT2D eigenvalue weighted by atomic mass is 35.5. The van der Waals surface area contributed by atoms with E-state index in [2.05, 4.69) is 4.99 Å². The van der Waals surface area contributed by atoms with Crippen molar-refractivity contribution in [1.29, 1.82) is 0 Å². The van der Waals surface area contributed by atoms with Crippen LogP contribution in [0, 0.1) is 10.1 Å². The summed E-state index contributed by atoms with van der Waals surface area (Å²) in [6, 6.07) is 26.1. The van der Waals surface area contributed by atoms with Gasteiger partial charge in [-0.1, -0.05) is 54.1 Å². The minimum Gasteiger partial charge on any atom is -0.438 e. The summed E-state index contributed by atoms with van der Waals surface area (Å²) in [5.41, 5.74) is 2.35. The second-order valence-electron chi connectivity index (χ2n) is 7.65. The van der Waals surface area contributed by atoms with Gasteiger partial charge >= 0.3 is 0 Å². The number of rotatable bonds is 3. The first-order valence-corrected chi connectivity index (χ1v) is 11.6. The highest BCUT2D eigenvalue weighted by Gasteiger charge is 2.17. The van der Waals surface area contributed by atoms with Crippen LogP contribution in [0.2, 0.25) is 5.02 Å². The first-order chi connectivity index (χ1) is 16.6. The van der Waals surface area contributed by atoms with Gasteiger partial charge in [0.05, 0.1) is 20.7 Å². The van der Waals surface area contributed by atoms with E-state index in [0.29, 0.717) is 11.1 Å². The van der Waals surface area contributed by atoms with Crippen LogP contribution in [-0.2, 0) is 0 Å². The van der Waals surface area contributed by atoms with Crippen molar-refractivity contribution in [2.75, 3.05) is 0 Å². The third-order valence-corrected chi connectivity index (χ3v) is 6.84. The van der Waals surface area contributed by atoms with Gasteiger partial charge in [-0.3, -0.25) is 10.1 Å². The molecule has 6 rings (SSSR count). The Balaban J connectivity index is 1.71. The zero-order valence-electron chi connectivity index (χ0n) is 17.4. The van der Waals surface area contributed by atoms with Gasteiger partial charge in [0.15, 0.2) is 0 Å². The molecule has 0 saturated heterocycles. The Bertz CT molecular complexity index is 1790. The lowest BCUT2D eigenvalue weighted by molar-refractivity contribution is -0.384. The Morgan fingerprint density at radius 2 is 1.76 bits per heavy atom. The van der Waals surface area contributed by atoms with Crippen LogP contribution >= 0.6 is 22.9 Å². The second kappa shape index (κ2) is 8.06. The Morgan fingerprint density at radius 3 is 2.62 bits per heavy atom. The van der Waals surface area contributed by atoms with E-state index in [4.69, 9.17) is 21.0 Å². The molecule has 2 heterocycles. The van der Waals surface area contributed by atoms with Crippen LogP contribution in [-0.4, -0.2) is 9.91 Å². The minimum absolute atomic E-state index is 0.153. The summed E-state index contributed by atoms with van der Waals surface area (Å²) in [4.78, 5) is 20.5. The number of hydrogen-bond donors (Lipinski definition) is 0. The van der Waals surface area contributed by atoms with E-state index >= 15 is 0 Å². The molecule has 0 fully saturated rings. The lowest BCUT2D eigenvalue weighted by Crippen LogP contribution is -2.06. The topological polar surface area (TPSA) is 81.5 Å². The molecule has 0 aliphatic heterocycles. The van der Waals surface area contributed by atoms with Gasteiger partial charge in [0.25, 0.3) is 5.69 Å². The van der Waals surface area contributed by atoms with E-state index in [1.807, 2.05) is 66.7 Å². The average Bonchev–Trinajstić information content (AvgIpc) is 3.28. The second-order valence-corrected chi connectivity index (χ2v) is 9.12. The van der Waals surface area contributed by atoms with Gasteiger partial charge in [0.1, 0.15) is 16.3 Å². The molecule has 0 spiro atoms.